The van der Waals surface area contributed by atoms with Gasteiger partial charge in [0.25, 0.3) is 0 Å². The molecule has 0 aliphatic rings. The van der Waals surface area contributed by atoms with Crippen molar-refractivity contribution in [2.24, 2.45) is 5.92 Å². The Morgan fingerprint density at radius 2 is 1.95 bits per heavy atom. The molecule has 4 nitrogen and oxygen atoms in total. The molecule has 116 valence electrons. The number of hydrogen-bond acceptors (Lipinski definition) is 2. The summed E-state index contributed by atoms with van der Waals surface area (Å²) >= 11 is 12.1. The van der Waals surface area contributed by atoms with Gasteiger partial charge in [0, 0.05) is 26.4 Å². The van der Waals surface area contributed by atoms with Gasteiger partial charge < -0.3 is 10.2 Å². The first-order valence-corrected chi connectivity index (χ1v) is 7.57. The normalized spacial score (nSPS) is 10.6. The molecule has 0 unspecified atom stereocenters. The van der Waals surface area contributed by atoms with Gasteiger partial charge in [-0.15, -0.1) is 0 Å². The van der Waals surface area contributed by atoms with Crippen molar-refractivity contribution in [1.29, 1.82) is 0 Å². The fourth-order valence-electron chi connectivity index (χ4n) is 1.77. The van der Waals surface area contributed by atoms with E-state index >= 15 is 0 Å². The summed E-state index contributed by atoms with van der Waals surface area (Å²) in [6.45, 7) is 6.36. The van der Waals surface area contributed by atoms with Crippen molar-refractivity contribution in [2.75, 3.05) is 18.0 Å². The van der Waals surface area contributed by atoms with Crippen molar-refractivity contribution in [3.05, 3.63) is 28.2 Å². The summed E-state index contributed by atoms with van der Waals surface area (Å²) in [6.07, 6.45) is 0.217. The predicted molar refractivity (Wildman–Crippen MR) is 87.0 cm³/mol. The summed E-state index contributed by atoms with van der Waals surface area (Å²) in [5.74, 6) is 0.115. The zero-order chi connectivity index (χ0) is 16.0. The van der Waals surface area contributed by atoms with E-state index in [2.05, 4.69) is 5.32 Å². The number of benzene rings is 1. The number of nitrogens with zero attached hydrogens (tertiary/aromatic N) is 1. The Kier molecular flexibility index (Phi) is 6.99. The number of amides is 2. The first-order valence-electron chi connectivity index (χ1n) is 6.81. The topological polar surface area (TPSA) is 49.4 Å². The Balaban J connectivity index is 2.73. The monoisotopic (exact) mass is 330 g/mol. The lowest BCUT2D eigenvalue weighted by atomic mass is 10.2. The maximum atomic E-state index is 11.8. The molecule has 2 amide bonds. The molecule has 0 aliphatic carbocycles. The van der Waals surface area contributed by atoms with Crippen LogP contribution in [0.15, 0.2) is 18.2 Å². The van der Waals surface area contributed by atoms with Crippen LogP contribution in [0.5, 0.6) is 0 Å². The van der Waals surface area contributed by atoms with Gasteiger partial charge in [0.2, 0.25) is 11.8 Å². The molecule has 0 saturated carbocycles. The van der Waals surface area contributed by atoms with Gasteiger partial charge in [0.05, 0.1) is 15.7 Å². The van der Waals surface area contributed by atoms with E-state index in [4.69, 9.17) is 23.2 Å². The molecule has 0 saturated heterocycles. The van der Waals surface area contributed by atoms with Gasteiger partial charge >= 0.3 is 0 Å². The van der Waals surface area contributed by atoms with Crippen LogP contribution in [0.4, 0.5) is 5.69 Å². The average molecular weight is 331 g/mol. The third kappa shape index (κ3) is 5.56. The number of hydrogen-bond donors (Lipinski definition) is 1. The lowest BCUT2D eigenvalue weighted by Crippen LogP contribution is -2.35. The van der Waals surface area contributed by atoms with Crippen molar-refractivity contribution < 1.29 is 9.59 Å². The molecular weight excluding hydrogens is 311 g/mol. The number of anilines is 1. The highest BCUT2D eigenvalue weighted by Crippen LogP contribution is 2.32. The molecule has 0 radical (unpaired) electrons. The highest BCUT2D eigenvalue weighted by atomic mass is 35.5. The summed E-state index contributed by atoms with van der Waals surface area (Å²) in [6, 6.07) is 5.08. The van der Waals surface area contributed by atoms with E-state index < -0.39 is 0 Å². The molecule has 1 aromatic rings. The second-order valence-corrected chi connectivity index (χ2v) is 5.98. The second kappa shape index (κ2) is 8.25. The molecule has 0 spiro atoms. The van der Waals surface area contributed by atoms with Crippen molar-refractivity contribution >= 4 is 40.7 Å². The summed E-state index contributed by atoms with van der Waals surface area (Å²) in [4.78, 5) is 25.0. The highest BCUT2D eigenvalue weighted by molar-refractivity contribution is 6.44. The molecule has 1 rings (SSSR count). The molecule has 0 aromatic heterocycles. The van der Waals surface area contributed by atoms with Crippen LogP contribution in [0.1, 0.15) is 27.2 Å². The summed E-state index contributed by atoms with van der Waals surface area (Å²) in [5.41, 5.74) is 0.522. The lowest BCUT2D eigenvalue weighted by molar-refractivity contribution is -0.121. The first kappa shape index (κ1) is 17.8. The second-order valence-electron chi connectivity index (χ2n) is 5.19. The van der Waals surface area contributed by atoms with Crippen LogP contribution in [0, 0.1) is 5.92 Å². The van der Waals surface area contributed by atoms with Gasteiger partial charge in [-0.05, 0) is 18.1 Å². The van der Waals surface area contributed by atoms with Gasteiger partial charge in [-0.2, -0.15) is 0 Å². The average Bonchev–Trinajstić information content (AvgIpc) is 2.40. The van der Waals surface area contributed by atoms with E-state index in [9.17, 15) is 9.59 Å². The summed E-state index contributed by atoms with van der Waals surface area (Å²) < 4.78 is 0. The minimum atomic E-state index is -0.184. The van der Waals surface area contributed by atoms with Crippen LogP contribution in [-0.2, 0) is 9.59 Å². The SMILES string of the molecule is CC(=O)N(CCC(=O)NCC(C)C)c1cccc(Cl)c1Cl. The van der Waals surface area contributed by atoms with E-state index in [1.54, 1.807) is 18.2 Å². The molecule has 0 bridgehead atoms. The molecule has 6 heteroatoms. The van der Waals surface area contributed by atoms with Crippen LogP contribution in [-0.4, -0.2) is 24.9 Å². The predicted octanol–water partition coefficient (Wildman–Crippen LogP) is 3.51. The zero-order valence-corrected chi connectivity index (χ0v) is 14.0. The van der Waals surface area contributed by atoms with Crippen LogP contribution < -0.4 is 10.2 Å². The molecular formula is C15H20Cl2N2O2. The fourth-order valence-corrected chi connectivity index (χ4v) is 2.17. The number of carbonyl (C=O) groups excluding carboxylic acids is 2. The molecule has 0 fully saturated rings. The molecule has 0 atom stereocenters. The van der Waals surface area contributed by atoms with Crippen molar-refractivity contribution in [2.45, 2.75) is 27.2 Å². The largest absolute Gasteiger partial charge is 0.356 e. The van der Waals surface area contributed by atoms with Gasteiger partial charge in [-0.1, -0.05) is 43.1 Å². The van der Waals surface area contributed by atoms with Crippen LogP contribution >= 0.6 is 23.2 Å². The quantitative estimate of drug-likeness (QED) is 0.867. The first-order chi connectivity index (χ1) is 9.82. The molecule has 0 heterocycles. The number of rotatable bonds is 6. The van der Waals surface area contributed by atoms with E-state index in [0.717, 1.165) is 0 Å². The Labute approximate surface area is 135 Å². The third-order valence-electron chi connectivity index (χ3n) is 2.87. The van der Waals surface area contributed by atoms with Gasteiger partial charge in [-0.25, -0.2) is 0 Å². The van der Waals surface area contributed by atoms with Crippen molar-refractivity contribution in [3.8, 4) is 0 Å². The van der Waals surface area contributed by atoms with E-state index in [1.807, 2.05) is 13.8 Å². The molecule has 1 N–H and O–H groups in total. The van der Waals surface area contributed by atoms with Crippen LogP contribution in [0.3, 0.4) is 0 Å². The Morgan fingerprint density at radius 1 is 1.29 bits per heavy atom. The maximum absolute atomic E-state index is 11.8. The minimum Gasteiger partial charge on any atom is -0.356 e. The summed E-state index contributed by atoms with van der Waals surface area (Å²) in [5, 5.41) is 3.51. The number of halogens is 2. The molecule has 0 aliphatic heterocycles. The Bertz CT molecular complexity index is 518. The Hall–Kier alpha value is -1.26. The summed E-state index contributed by atoms with van der Waals surface area (Å²) in [7, 11) is 0. The highest BCUT2D eigenvalue weighted by Gasteiger charge is 2.17. The minimum absolute atomic E-state index is 0.0897. The van der Waals surface area contributed by atoms with Gasteiger partial charge in [0.1, 0.15) is 0 Å². The smallest absolute Gasteiger partial charge is 0.223 e. The van der Waals surface area contributed by atoms with E-state index in [1.165, 1.54) is 11.8 Å². The maximum Gasteiger partial charge on any atom is 0.223 e. The lowest BCUT2D eigenvalue weighted by Gasteiger charge is -2.22. The van der Waals surface area contributed by atoms with E-state index in [-0.39, 0.29) is 24.8 Å². The fraction of sp³-hybridized carbons (Fsp3) is 0.467. The standard InChI is InChI=1S/C15H20Cl2N2O2/c1-10(2)9-18-14(21)7-8-19(11(3)20)13-6-4-5-12(16)15(13)17/h4-6,10H,7-9H2,1-3H3,(H,18,21). The Morgan fingerprint density at radius 3 is 2.52 bits per heavy atom. The van der Waals surface area contributed by atoms with E-state index in [0.29, 0.717) is 28.2 Å². The van der Waals surface area contributed by atoms with Crippen LogP contribution in [0.25, 0.3) is 0 Å². The zero-order valence-electron chi connectivity index (χ0n) is 12.5. The number of nitrogens with one attached hydrogen (secondary N) is 1. The molecule has 1 aromatic carbocycles. The number of carbonyl (C=O) groups is 2. The molecule has 21 heavy (non-hydrogen) atoms. The van der Waals surface area contributed by atoms with Gasteiger partial charge in [-0.3, -0.25) is 9.59 Å². The van der Waals surface area contributed by atoms with Gasteiger partial charge in [0.15, 0.2) is 0 Å². The van der Waals surface area contributed by atoms with Crippen molar-refractivity contribution in [3.63, 3.8) is 0 Å². The third-order valence-corrected chi connectivity index (χ3v) is 3.68. The van der Waals surface area contributed by atoms with Crippen LogP contribution in [0.2, 0.25) is 10.0 Å². The van der Waals surface area contributed by atoms with Crippen molar-refractivity contribution in [1.82, 2.24) is 5.32 Å².